The van der Waals surface area contributed by atoms with Gasteiger partial charge in [0.15, 0.2) is 0 Å². The molecule has 0 unspecified atom stereocenters. The van der Waals surface area contributed by atoms with Crippen LogP contribution in [-0.2, 0) is 0 Å². The van der Waals surface area contributed by atoms with Crippen molar-refractivity contribution in [1.29, 1.82) is 0 Å². The Balaban J connectivity index is 1.05. The summed E-state index contributed by atoms with van der Waals surface area (Å²) in [5.41, 5.74) is 18.2. The largest absolute Gasteiger partial charge is 0.316 e. The van der Waals surface area contributed by atoms with Crippen molar-refractivity contribution in [2.45, 2.75) is 0 Å². The van der Waals surface area contributed by atoms with Gasteiger partial charge in [0.05, 0.1) is 44.5 Å². The molecule has 0 amide bonds. The third kappa shape index (κ3) is 5.70. The molecule has 0 bridgehead atoms. The number of hydrogen-bond acceptors (Lipinski definition) is 0. The number of rotatable bonds is 7. The summed E-state index contributed by atoms with van der Waals surface area (Å²) in [6.45, 7) is 0. The van der Waals surface area contributed by atoms with Gasteiger partial charge in [0.25, 0.3) is 0 Å². The molecular formula is C68H44N6. The van der Waals surface area contributed by atoms with Gasteiger partial charge < -0.3 is 9.13 Å². The molecule has 0 N–H and O–H groups in total. The van der Waals surface area contributed by atoms with Crippen molar-refractivity contribution in [3.05, 3.63) is 267 Å². The zero-order chi connectivity index (χ0) is 48.4. The van der Waals surface area contributed by atoms with Crippen LogP contribution in [0.15, 0.2) is 267 Å². The SMILES string of the molecule is c1ccc(-n2ccc3c(-n4c5cccc(-n6ccc7ccccc76)c5c5c6ccc(-c7cccc8c9c%10ccccc%10n(-c%10ccccc%10)c9n(-c9ccccc9)c78)cc6n(-c6ccccc6)c54)cccc32)cc1. The lowest BCUT2D eigenvalue weighted by atomic mass is 9.99. The summed E-state index contributed by atoms with van der Waals surface area (Å²) in [4.78, 5) is 0. The normalized spacial score (nSPS) is 12.1. The van der Waals surface area contributed by atoms with E-state index in [0.717, 1.165) is 73.1 Å². The highest BCUT2D eigenvalue weighted by Gasteiger charge is 2.28. The van der Waals surface area contributed by atoms with Crippen LogP contribution >= 0.6 is 0 Å². The highest BCUT2D eigenvalue weighted by molar-refractivity contribution is 6.27. The molecule has 16 rings (SSSR count). The number of hydrogen-bond donors (Lipinski definition) is 0. The average Bonchev–Trinajstić information content (AvgIpc) is 4.34. The monoisotopic (exact) mass is 944 g/mol. The molecule has 16 aromatic rings. The Hall–Kier alpha value is -10.0. The number of benzene rings is 10. The molecule has 74 heavy (non-hydrogen) atoms. The molecule has 0 atom stereocenters. The average molecular weight is 945 g/mol. The predicted octanol–water partition coefficient (Wildman–Crippen LogP) is 17.3. The zero-order valence-corrected chi connectivity index (χ0v) is 40.1. The third-order valence-corrected chi connectivity index (χ3v) is 15.5. The molecule has 10 aromatic carbocycles. The van der Waals surface area contributed by atoms with E-state index in [1.54, 1.807) is 0 Å². The molecule has 6 heteroatoms. The van der Waals surface area contributed by atoms with E-state index in [2.05, 4.69) is 295 Å². The van der Waals surface area contributed by atoms with Gasteiger partial charge >= 0.3 is 0 Å². The van der Waals surface area contributed by atoms with Crippen LogP contribution < -0.4 is 0 Å². The van der Waals surface area contributed by atoms with Crippen molar-refractivity contribution in [2.75, 3.05) is 0 Å². The molecule has 346 valence electrons. The first-order chi connectivity index (χ1) is 36.8. The van der Waals surface area contributed by atoms with E-state index in [0.29, 0.717) is 0 Å². The van der Waals surface area contributed by atoms with Crippen LogP contribution in [-0.4, -0.2) is 27.4 Å². The van der Waals surface area contributed by atoms with Gasteiger partial charge in [-0.05, 0) is 114 Å². The van der Waals surface area contributed by atoms with Crippen LogP contribution in [0, 0.1) is 0 Å². The van der Waals surface area contributed by atoms with Crippen molar-refractivity contribution >= 4 is 87.5 Å². The summed E-state index contributed by atoms with van der Waals surface area (Å²) in [5.74, 6) is 0. The molecule has 6 heterocycles. The zero-order valence-electron chi connectivity index (χ0n) is 40.1. The molecule has 0 spiro atoms. The maximum absolute atomic E-state index is 2.53. The van der Waals surface area contributed by atoms with Gasteiger partial charge in [-0.2, -0.15) is 0 Å². The molecule has 6 nitrogen and oxygen atoms in total. The number of para-hydroxylation sites is 7. The fourth-order valence-electron chi connectivity index (χ4n) is 12.4. The Morgan fingerprint density at radius 2 is 0.797 bits per heavy atom. The van der Waals surface area contributed by atoms with Crippen molar-refractivity contribution in [2.24, 2.45) is 0 Å². The Morgan fingerprint density at radius 3 is 1.54 bits per heavy atom. The Kier molecular flexibility index (Phi) is 8.64. The standard InChI is InChI=1S/C68H44N6/c1-5-21-47(22-6-1)69-43-41-52-57(69)34-18-35-58(52)74-61-37-19-36-60(70-42-40-45-20-13-15-32-56(45)70)65(61)64-54-39-38-46(44-62(54)72(68(64)74)49-25-9-3-10-26-49)51-30-17-31-55-63-53-29-14-16-33-59(53)71(48-23-7-2-8-24-48)67(63)73(66(51)55)50-27-11-4-12-28-50/h1-44H. The molecule has 0 aliphatic carbocycles. The lowest BCUT2D eigenvalue weighted by Crippen LogP contribution is -2.03. The van der Waals surface area contributed by atoms with Crippen LogP contribution in [0.1, 0.15) is 0 Å². The highest BCUT2D eigenvalue weighted by atomic mass is 15.2. The molecule has 6 aromatic heterocycles. The summed E-state index contributed by atoms with van der Waals surface area (Å²) in [6.07, 6.45) is 4.44. The van der Waals surface area contributed by atoms with E-state index >= 15 is 0 Å². The minimum absolute atomic E-state index is 1.09. The topological polar surface area (TPSA) is 29.6 Å². The maximum atomic E-state index is 2.53. The molecule has 0 saturated carbocycles. The van der Waals surface area contributed by atoms with Crippen LogP contribution in [0.2, 0.25) is 0 Å². The van der Waals surface area contributed by atoms with E-state index in [9.17, 15) is 0 Å². The first-order valence-corrected chi connectivity index (χ1v) is 25.4. The van der Waals surface area contributed by atoms with Crippen molar-refractivity contribution < 1.29 is 0 Å². The second-order valence-corrected chi connectivity index (χ2v) is 19.3. The smallest absolute Gasteiger partial charge is 0.131 e. The van der Waals surface area contributed by atoms with E-state index < -0.39 is 0 Å². The first kappa shape index (κ1) is 40.7. The van der Waals surface area contributed by atoms with Crippen molar-refractivity contribution in [3.8, 4) is 45.3 Å². The summed E-state index contributed by atoms with van der Waals surface area (Å²) < 4.78 is 14.7. The lowest BCUT2D eigenvalue weighted by molar-refractivity contribution is 1.07. The summed E-state index contributed by atoms with van der Waals surface area (Å²) in [7, 11) is 0. The highest BCUT2D eigenvalue weighted by Crippen LogP contribution is 2.48. The summed E-state index contributed by atoms with van der Waals surface area (Å²) >= 11 is 0. The van der Waals surface area contributed by atoms with Crippen LogP contribution in [0.5, 0.6) is 0 Å². The Morgan fingerprint density at radius 1 is 0.257 bits per heavy atom. The first-order valence-electron chi connectivity index (χ1n) is 25.4. The second kappa shape index (κ2) is 15.7. The minimum atomic E-state index is 1.09. The van der Waals surface area contributed by atoms with Crippen LogP contribution in [0.4, 0.5) is 0 Å². The van der Waals surface area contributed by atoms with Gasteiger partial charge in [-0.3, -0.25) is 18.3 Å². The van der Waals surface area contributed by atoms with Gasteiger partial charge in [-0.15, -0.1) is 0 Å². The number of aromatic nitrogens is 6. The van der Waals surface area contributed by atoms with Crippen molar-refractivity contribution in [1.82, 2.24) is 27.4 Å². The van der Waals surface area contributed by atoms with Crippen molar-refractivity contribution in [3.63, 3.8) is 0 Å². The quantitative estimate of drug-likeness (QED) is 0.152. The van der Waals surface area contributed by atoms with Gasteiger partial charge in [-0.1, -0.05) is 152 Å². The predicted molar refractivity (Wildman–Crippen MR) is 308 cm³/mol. The molecule has 0 saturated heterocycles. The van der Waals surface area contributed by atoms with Crippen LogP contribution in [0.25, 0.3) is 133 Å². The fraction of sp³-hybridized carbons (Fsp3) is 0. The van der Waals surface area contributed by atoms with E-state index in [1.807, 2.05) is 0 Å². The van der Waals surface area contributed by atoms with E-state index in [1.165, 1.54) is 59.6 Å². The van der Waals surface area contributed by atoms with Gasteiger partial charge in [0.2, 0.25) is 0 Å². The molecular weight excluding hydrogens is 901 g/mol. The van der Waals surface area contributed by atoms with E-state index in [4.69, 9.17) is 0 Å². The van der Waals surface area contributed by atoms with Gasteiger partial charge in [0.1, 0.15) is 11.3 Å². The maximum Gasteiger partial charge on any atom is 0.131 e. The number of nitrogens with zero attached hydrogens (tertiary/aromatic N) is 6. The minimum Gasteiger partial charge on any atom is -0.316 e. The van der Waals surface area contributed by atoms with Gasteiger partial charge in [-0.25, -0.2) is 0 Å². The lowest BCUT2D eigenvalue weighted by Gasteiger charge is -2.16. The molecule has 0 fully saturated rings. The Bertz CT molecular complexity index is 4870. The summed E-state index contributed by atoms with van der Waals surface area (Å²) in [6, 6.07) is 93.0. The molecule has 0 radical (unpaired) electrons. The Labute approximate surface area is 425 Å². The number of fused-ring (bicyclic) bond motifs is 12. The molecule has 0 aliphatic heterocycles. The van der Waals surface area contributed by atoms with Crippen LogP contribution in [0.3, 0.4) is 0 Å². The molecule has 0 aliphatic rings. The van der Waals surface area contributed by atoms with Gasteiger partial charge in [0, 0.05) is 78.4 Å². The fourth-order valence-corrected chi connectivity index (χ4v) is 12.4. The summed E-state index contributed by atoms with van der Waals surface area (Å²) in [5, 5.41) is 9.66. The van der Waals surface area contributed by atoms with E-state index in [-0.39, 0.29) is 0 Å². The second-order valence-electron chi connectivity index (χ2n) is 19.3. The third-order valence-electron chi connectivity index (χ3n) is 15.5.